The van der Waals surface area contributed by atoms with Gasteiger partial charge in [-0.25, -0.2) is 9.98 Å². The average Bonchev–Trinajstić information content (AvgIpc) is 3.02. The Labute approximate surface area is 167 Å². The molecule has 3 nitrogen and oxygen atoms in total. The Balaban J connectivity index is 1.74. The van der Waals surface area contributed by atoms with Gasteiger partial charge in [0.2, 0.25) is 5.95 Å². The van der Waals surface area contributed by atoms with Gasteiger partial charge in [-0.15, -0.1) is 0 Å². The molecule has 0 amide bonds. The maximum atomic E-state index is 6.10. The van der Waals surface area contributed by atoms with E-state index in [0.29, 0.717) is 22.5 Å². The predicted octanol–water partition coefficient (Wildman–Crippen LogP) is 6.45. The van der Waals surface area contributed by atoms with Crippen LogP contribution in [0.1, 0.15) is 16.7 Å². The standard InChI is InChI=1S/C22H17Cl2N3/c1-15-6-8-16(9-7-15)14-27-21-5-3-2-4-20(21)26-22(27)25-13-17-10-11-18(23)19(24)12-17/h2-13H,14H2,1H3/b25-13+. The molecule has 134 valence electrons. The zero-order chi connectivity index (χ0) is 18.8. The van der Waals surface area contributed by atoms with E-state index in [0.717, 1.165) is 16.6 Å². The van der Waals surface area contributed by atoms with Crippen molar-refractivity contribution in [2.75, 3.05) is 0 Å². The van der Waals surface area contributed by atoms with E-state index in [1.807, 2.05) is 24.3 Å². The summed E-state index contributed by atoms with van der Waals surface area (Å²) < 4.78 is 2.12. The average molecular weight is 394 g/mol. The monoisotopic (exact) mass is 393 g/mol. The molecule has 0 unspecified atom stereocenters. The summed E-state index contributed by atoms with van der Waals surface area (Å²) in [6.45, 7) is 2.79. The minimum Gasteiger partial charge on any atom is -0.304 e. The number of rotatable bonds is 4. The second kappa shape index (κ2) is 7.55. The van der Waals surface area contributed by atoms with E-state index in [2.05, 4.69) is 51.8 Å². The summed E-state index contributed by atoms with van der Waals surface area (Å²) in [5.41, 5.74) is 5.30. The Morgan fingerprint density at radius 1 is 0.963 bits per heavy atom. The molecule has 3 aromatic carbocycles. The molecule has 0 saturated carbocycles. The second-order valence-corrected chi connectivity index (χ2v) is 7.22. The summed E-state index contributed by atoms with van der Waals surface area (Å²) >= 11 is 12.1. The van der Waals surface area contributed by atoms with Crippen LogP contribution in [0.5, 0.6) is 0 Å². The van der Waals surface area contributed by atoms with Crippen molar-refractivity contribution in [2.45, 2.75) is 13.5 Å². The SMILES string of the molecule is Cc1ccc(Cn2c(/N=C/c3ccc(Cl)c(Cl)c3)nc3ccccc32)cc1. The van der Waals surface area contributed by atoms with Gasteiger partial charge in [0.1, 0.15) is 0 Å². The number of imidazole rings is 1. The minimum atomic E-state index is 0.508. The van der Waals surface area contributed by atoms with E-state index in [-0.39, 0.29) is 0 Å². The topological polar surface area (TPSA) is 30.2 Å². The van der Waals surface area contributed by atoms with Crippen molar-refractivity contribution >= 4 is 46.4 Å². The molecule has 0 spiro atoms. The molecule has 0 aliphatic rings. The minimum absolute atomic E-state index is 0.508. The number of para-hydroxylation sites is 2. The lowest BCUT2D eigenvalue weighted by molar-refractivity contribution is 0.827. The molecule has 0 radical (unpaired) electrons. The molecule has 5 heteroatoms. The Hall–Kier alpha value is -2.62. The molecule has 0 aliphatic carbocycles. The third kappa shape index (κ3) is 3.90. The molecule has 4 rings (SSSR count). The fraction of sp³-hybridized carbons (Fsp3) is 0.0909. The second-order valence-electron chi connectivity index (χ2n) is 6.40. The molecule has 1 heterocycles. The van der Waals surface area contributed by atoms with Gasteiger partial charge in [0.05, 0.1) is 27.6 Å². The maximum absolute atomic E-state index is 6.10. The van der Waals surface area contributed by atoms with Crippen molar-refractivity contribution in [3.8, 4) is 0 Å². The van der Waals surface area contributed by atoms with Gasteiger partial charge >= 0.3 is 0 Å². The van der Waals surface area contributed by atoms with E-state index >= 15 is 0 Å². The first-order chi connectivity index (χ1) is 13.1. The highest BCUT2D eigenvalue weighted by molar-refractivity contribution is 6.42. The van der Waals surface area contributed by atoms with Gasteiger partial charge in [0, 0.05) is 6.21 Å². The van der Waals surface area contributed by atoms with Crippen LogP contribution in [0.3, 0.4) is 0 Å². The molecular formula is C22H17Cl2N3. The molecule has 0 saturated heterocycles. The van der Waals surface area contributed by atoms with Gasteiger partial charge in [0.25, 0.3) is 0 Å². The number of benzene rings is 3. The third-order valence-electron chi connectivity index (χ3n) is 4.37. The van der Waals surface area contributed by atoms with Crippen molar-refractivity contribution < 1.29 is 0 Å². The largest absolute Gasteiger partial charge is 0.304 e. The normalized spacial score (nSPS) is 11.5. The van der Waals surface area contributed by atoms with Crippen molar-refractivity contribution in [3.63, 3.8) is 0 Å². The number of nitrogens with zero attached hydrogens (tertiary/aromatic N) is 3. The molecule has 1 aromatic heterocycles. The Morgan fingerprint density at radius 3 is 2.52 bits per heavy atom. The van der Waals surface area contributed by atoms with E-state index in [4.69, 9.17) is 23.2 Å². The fourth-order valence-corrected chi connectivity index (χ4v) is 3.22. The summed E-state index contributed by atoms with van der Waals surface area (Å²) in [5, 5.41) is 1.04. The summed E-state index contributed by atoms with van der Waals surface area (Å²) in [7, 11) is 0. The number of halogens is 2. The highest BCUT2D eigenvalue weighted by Gasteiger charge is 2.10. The van der Waals surface area contributed by atoms with Crippen molar-refractivity contribution in [1.82, 2.24) is 9.55 Å². The van der Waals surface area contributed by atoms with Crippen LogP contribution < -0.4 is 0 Å². The first-order valence-electron chi connectivity index (χ1n) is 8.60. The van der Waals surface area contributed by atoms with E-state index in [1.54, 1.807) is 18.3 Å². The van der Waals surface area contributed by atoms with Crippen LogP contribution in [0.2, 0.25) is 10.0 Å². The number of aromatic nitrogens is 2. The van der Waals surface area contributed by atoms with Gasteiger partial charge < -0.3 is 4.57 Å². The Kier molecular flexibility index (Phi) is 4.97. The Morgan fingerprint density at radius 2 is 1.74 bits per heavy atom. The summed E-state index contributed by atoms with van der Waals surface area (Å²) in [5.74, 6) is 0.655. The highest BCUT2D eigenvalue weighted by atomic mass is 35.5. The maximum Gasteiger partial charge on any atom is 0.230 e. The molecule has 0 N–H and O–H groups in total. The van der Waals surface area contributed by atoms with Crippen LogP contribution >= 0.6 is 23.2 Å². The van der Waals surface area contributed by atoms with Crippen LogP contribution in [0.25, 0.3) is 11.0 Å². The van der Waals surface area contributed by atoms with Gasteiger partial charge in [-0.1, -0.05) is 71.2 Å². The molecule has 0 atom stereocenters. The summed E-state index contributed by atoms with van der Waals surface area (Å²) in [4.78, 5) is 9.31. The van der Waals surface area contributed by atoms with Crippen molar-refractivity contribution in [3.05, 3.63) is 93.5 Å². The van der Waals surface area contributed by atoms with Gasteiger partial charge in [0.15, 0.2) is 0 Å². The third-order valence-corrected chi connectivity index (χ3v) is 5.11. The predicted molar refractivity (Wildman–Crippen MR) is 114 cm³/mol. The van der Waals surface area contributed by atoms with Gasteiger partial charge in [-0.3, -0.25) is 0 Å². The molecule has 0 bridgehead atoms. The first-order valence-corrected chi connectivity index (χ1v) is 9.36. The summed E-state index contributed by atoms with van der Waals surface area (Å²) in [6, 6.07) is 22.0. The number of hydrogen-bond donors (Lipinski definition) is 0. The van der Waals surface area contributed by atoms with Crippen molar-refractivity contribution in [2.24, 2.45) is 4.99 Å². The number of aryl methyl sites for hydroxylation is 1. The van der Waals surface area contributed by atoms with Gasteiger partial charge in [-0.2, -0.15) is 0 Å². The van der Waals surface area contributed by atoms with Crippen LogP contribution in [-0.2, 0) is 6.54 Å². The number of hydrogen-bond acceptors (Lipinski definition) is 2. The first kappa shape index (κ1) is 17.8. The van der Waals surface area contributed by atoms with Crippen LogP contribution in [0.15, 0.2) is 71.7 Å². The van der Waals surface area contributed by atoms with E-state index < -0.39 is 0 Å². The van der Waals surface area contributed by atoms with Crippen LogP contribution in [0.4, 0.5) is 5.95 Å². The lowest BCUT2D eigenvalue weighted by Crippen LogP contribution is -1.99. The van der Waals surface area contributed by atoms with Crippen molar-refractivity contribution in [1.29, 1.82) is 0 Å². The lowest BCUT2D eigenvalue weighted by Gasteiger charge is -2.07. The fourth-order valence-electron chi connectivity index (χ4n) is 2.92. The molecule has 27 heavy (non-hydrogen) atoms. The highest BCUT2D eigenvalue weighted by Crippen LogP contribution is 2.25. The van der Waals surface area contributed by atoms with E-state index in [9.17, 15) is 0 Å². The number of fused-ring (bicyclic) bond motifs is 1. The molecule has 0 fully saturated rings. The molecule has 0 aliphatic heterocycles. The zero-order valence-electron chi connectivity index (χ0n) is 14.7. The Bertz CT molecular complexity index is 1130. The smallest absolute Gasteiger partial charge is 0.230 e. The number of aliphatic imine (C=N–C) groups is 1. The van der Waals surface area contributed by atoms with Crippen LogP contribution in [0, 0.1) is 6.92 Å². The van der Waals surface area contributed by atoms with Gasteiger partial charge in [-0.05, 0) is 42.3 Å². The zero-order valence-corrected chi connectivity index (χ0v) is 16.2. The summed E-state index contributed by atoms with van der Waals surface area (Å²) in [6.07, 6.45) is 1.76. The lowest BCUT2D eigenvalue weighted by atomic mass is 10.1. The molecular weight excluding hydrogens is 377 g/mol. The van der Waals surface area contributed by atoms with E-state index in [1.165, 1.54) is 11.1 Å². The molecule has 4 aromatic rings. The quantitative estimate of drug-likeness (QED) is 0.366. The van der Waals surface area contributed by atoms with Crippen LogP contribution in [-0.4, -0.2) is 15.8 Å².